The standard InChI is InChI=1S/C27H34O/c1-26(2,3)18-25(27(4,5)6)23-13-12-22-17-24(15-14-21(22)16-23)28-19-20-10-8-7-9-11-20/h7-17,25H,18-19H2,1-6H3. The highest BCUT2D eigenvalue weighted by molar-refractivity contribution is 5.84. The monoisotopic (exact) mass is 374 g/mol. The highest BCUT2D eigenvalue weighted by Crippen LogP contribution is 2.43. The maximum absolute atomic E-state index is 6.00. The summed E-state index contributed by atoms with van der Waals surface area (Å²) in [6.07, 6.45) is 1.18. The molecule has 0 amide bonds. The van der Waals surface area contributed by atoms with Crippen LogP contribution in [0.3, 0.4) is 0 Å². The lowest BCUT2D eigenvalue weighted by atomic mass is 9.69. The van der Waals surface area contributed by atoms with Gasteiger partial charge in [0.25, 0.3) is 0 Å². The van der Waals surface area contributed by atoms with E-state index < -0.39 is 0 Å². The van der Waals surface area contributed by atoms with Crippen LogP contribution in [0.25, 0.3) is 10.8 Å². The van der Waals surface area contributed by atoms with Gasteiger partial charge in [0.05, 0.1) is 0 Å². The number of rotatable bonds is 5. The van der Waals surface area contributed by atoms with Crippen LogP contribution in [0.1, 0.15) is 65.0 Å². The fraction of sp³-hybridized carbons (Fsp3) is 0.407. The number of fused-ring (bicyclic) bond motifs is 1. The largest absolute Gasteiger partial charge is 0.489 e. The molecule has 148 valence electrons. The Bertz CT molecular complexity index is 910. The maximum atomic E-state index is 6.00. The first-order valence-electron chi connectivity index (χ1n) is 10.3. The molecule has 0 aliphatic carbocycles. The van der Waals surface area contributed by atoms with Crippen molar-refractivity contribution in [1.82, 2.24) is 0 Å². The molecule has 0 bridgehead atoms. The molecule has 3 aromatic carbocycles. The van der Waals surface area contributed by atoms with Gasteiger partial charge < -0.3 is 4.74 Å². The van der Waals surface area contributed by atoms with Crippen molar-refractivity contribution in [3.63, 3.8) is 0 Å². The first-order valence-corrected chi connectivity index (χ1v) is 10.3. The molecule has 3 aromatic rings. The second-order valence-electron chi connectivity index (χ2n) is 10.2. The number of ether oxygens (including phenoxy) is 1. The Hall–Kier alpha value is -2.28. The molecule has 0 aliphatic rings. The van der Waals surface area contributed by atoms with E-state index in [1.807, 2.05) is 18.2 Å². The van der Waals surface area contributed by atoms with E-state index in [9.17, 15) is 0 Å². The molecule has 0 saturated heterocycles. The van der Waals surface area contributed by atoms with Crippen molar-refractivity contribution in [2.45, 2.75) is 60.5 Å². The first-order chi connectivity index (χ1) is 13.1. The quantitative estimate of drug-likeness (QED) is 0.440. The highest BCUT2D eigenvalue weighted by atomic mass is 16.5. The van der Waals surface area contributed by atoms with E-state index in [0.717, 1.165) is 5.75 Å². The summed E-state index contributed by atoms with van der Waals surface area (Å²) in [6.45, 7) is 14.7. The van der Waals surface area contributed by atoms with Gasteiger partial charge in [-0.2, -0.15) is 0 Å². The van der Waals surface area contributed by atoms with E-state index in [2.05, 4.69) is 90.1 Å². The van der Waals surface area contributed by atoms with Crippen molar-refractivity contribution in [1.29, 1.82) is 0 Å². The van der Waals surface area contributed by atoms with Gasteiger partial charge in [0.15, 0.2) is 0 Å². The van der Waals surface area contributed by atoms with Gasteiger partial charge in [0.1, 0.15) is 12.4 Å². The zero-order valence-electron chi connectivity index (χ0n) is 18.3. The Morgan fingerprint density at radius 1 is 0.750 bits per heavy atom. The summed E-state index contributed by atoms with van der Waals surface area (Å²) < 4.78 is 6.00. The summed E-state index contributed by atoms with van der Waals surface area (Å²) in [7, 11) is 0. The van der Waals surface area contributed by atoms with Gasteiger partial charge in [-0.1, -0.05) is 96.1 Å². The van der Waals surface area contributed by atoms with Crippen LogP contribution in [-0.4, -0.2) is 0 Å². The van der Waals surface area contributed by atoms with Crippen LogP contribution in [0, 0.1) is 10.8 Å². The molecule has 0 fully saturated rings. The summed E-state index contributed by atoms with van der Waals surface area (Å²) in [6, 6.07) is 23.7. The molecule has 0 N–H and O–H groups in total. The van der Waals surface area contributed by atoms with E-state index in [4.69, 9.17) is 4.74 Å². The fourth-order valence-corrected chi connectivity index (χ4v) is 3.83. The molecule has 0 saturated carbocycles. The van der Waals surface area contributed by atoms with Crippen LogP contribution < -0.4 is 4.74 Å². The van der Waals surface area contributed by atoms with Crippen molar-refractivity contribution < 1.29 is 4.74 Å². The predicted octanol–water partition coefficient (Wildman–Crippen LogP) is 7.98. The van der Waals surface area contributed by atoms with Crippen LogP contribution in [0.4, 0.5) is 0 Å². The molecule has 1 nitrogen and oxygen atoms in total. The third-order valence-corrected chi connectivity index (χ3v) is 5.35. The summed E-state index contributed by atoms with van der Waals surface area (Å²) in [5.74, 6) is 1.46. The first kappa shape index (κ1) is 20.5. The molecule has 0 aliphatic heterocycles. The Kier molecular flexibility index (Phi) is 5.84. The molecule has 0 radical (unpaired) electrons. The molecular weight excluding hydrogens is 340 g/mol. The van der Waals surface area contributed by atoms with Crippen molar-refractivity contribution in [3.05, 3.63) is 77.9 Å². The molecule has 0 spiro atoms. The number of hydrogen-bond acceptors (Lipinski definition) is 1. The Labute approximate surface area is 170 Å². The second-order valence-corrected chi connectivity index (χ2v) is 10.2. The van der Waals surface area contributed by atoms with Gasteiger partial charge in [-0.3, -0.25) is 0 Å². The van der Waals surface area contributed by atoms with Gasteiger partial charge in [0, 0.05) is 0 Å². The Balaban J connectivity index is 1.83. The average Bonchev–Trinajstić information content (AvgIpc) is 2.63. The van der Waals surface area contributed by atoms with Gasteiger partial charge in [-0.25, -0.2) is 0 Å². The molecule has 3 rings (SSSR count). The van der Waals surface area contributed by atoms with Crippen LogP contribution in [0.2, 0.25) is 0 Å². The van der Waals surface area contributed by atoms with Crippen LogP contribution in [0.5, 0.6) is 5.75 Å². The average molecular weight is 375 g/mol. The summed E-state index contributed by atoms with van der Waals surface area (Å²) >= 11 is 0. The van der Waals surface area contributed by atoms with E-state index in [1.165, 1.54) is 28.3 Å². The van der Waals surface area contributed by atoms with E-state index in [-0.39, 0.29) is 5.41 Å². The Morgan fingerprint density at radius 2 is 1.39 bits per heavy atom. The molecule has 1 atom stereocenters. The van der Waals surface area contributed by atoms with Crippen LogP contribution >= 0.6 is 0 Å². The SMILES string of the molecule is CC(C)(C)CC(c1ccc2cc(OCc3ccccc3)ccc2c1)C(C)(C)C. The topological polar surface area (TPSA) is 9.23 Å². The molecule has 1 unspecified atom stereocenters. The van der Waals surface area contributed by atoms with Crippen molar-refractivity contribution in [2.75, 3.05) is 0 Å². The highest BCUT2D eigenvalue weighted by Gasteiger charge is 2.30. The summed E-state index contributed by atoms with van der Waals surface area (Å²) in [5.41, 5.74) is 3.17. The van der Waals surface area contributed by atoms with E-state index >= 15 is 0 Å². The fourth-order valence-electron chi connectivity index (χ4n) is 3.83. The lowest BCUT2D eigenvalue weighted by Crippen LogP contribution is -2.23. The molecule has 1 heteroatoms. The van der Waals surface area contributed by atoms with Crippen molar-refractivity contribution >= 4 is 10.8 Å². The Morgan fingerprint density at radius 3 is 2.04 bits per heavy atom. The van der Waals surface area contributed by atoms with Crippen LogP contribution in [0.15, 0.2) is 66.7 Å². The predicted molar refractivity (Wildman–Crippen MR) is 121 cm³/mol. The van der Waals surface area contributed by atoms with Crippen molar-refractivity contribution in [3.8, 4) is 5.75 Å². The normalized spacial score (nSPS) is 13.5. The summed E-state index contributed by atoms with van der Waals surface area (Å²) in [5, 5.41) is 2.52. The lowest BCUT2D eigenvalue weighted by molar-refractivity contribution is 0.229. The number of benzene rings is 3. The summed E-state index contributed by atoms with van der Waals surface area (Å²) in [4.78, 5) is 0. The molecule has 0 heterocycles. The minimum absolute atomic E-state index is 0.236. The van der Waals surface area contributed by atoms with Gasteiger partial charge in [-0.15, -0.1) is 0 Å². The minimum Gasteiger partial charge on any atom is -0.489 e. The second kappa shape index (κ2) is 7.99. The van der Waals surface area contributed by atoms with E-state index in [0.29, 0.717) is 17.9 Å². The maximum Gasteiger partial charge on any atom is 0.120 e. The third kappa shape index (κ3) is 5.38. The van der Waals surface area contributed by atoms with E-state index in [1.54, 1.807) is 0 Å². The van der Waals surface area contributed by atoms with Crippen LogP contribution in [-0.2, 0) is 6.61 Å². The zero-order valence-corrected chi connectivity index (χ0v) is 18.3. The van der Waals surface area contributed by atoms with Gasteiger partial charge in [0.2, 0.25) is 0 Å². The zero-order chi connectivity index (χ0) is 20.4. The van der Waals surface area contributed by atoms with Gasteiger partial charge in [-0.05, 0) is 57.2 Å². The molecule has 0 aromatic heterocycles. The minimum atomic E-state index is 0.236. The third-order valence-electron chi connectivity index (χ3n) is 5.35. The lowest BCUT2D eigenvalue weighted by Gasteiger charge is -2.36. The van der Waals surface area contributed by atoms with Gasteiger partial charge >= 0.3 is 0 Å². The smallest absolute Gasteiger partial charge is 0.120 e. The number of hydrogen-bond donors (Lipinski definition) is 0. The molecule has 28 heavy (non-hydrogen) atoms. The molecular formula is C27H34O. The van der Waals surface area contributed by atoms with Crippen molar-refractivity contribution in [2.24, 2.45) is 10.8 Å².